The van der Waals surface area contributed by atoms with Gasteiger partial charge in [0.25, 0.3) is 0 Å². The maximum atomic E-state index is 11.5. The average molecular weight is 243 g/mol. The van der Waals surface area contributed by atoms with E-state index in [0.29, 0.717) is 19.2 Å². The topological polar surface area (TPSA) is 58.8 Å². The summed E-state index contributed by atoms with van der Waals surface area (Å²) in [6.45, 7) is 3.89. The van der Waals surface area contributed by atoms with Crippen LogP contribution in [0.15, 0.2) is 0 Å². The van der Waals surface area contributed by atoms with E-state index in [4.69, 9.17) is 10.5 Å². The summed E-state index contributed by atoms with van der Waals surface area (Å²) in [4.78, 5) is 15.4. The normalized spacial score (nSPS) is 18.3. The first kappa shape index (κ1) is 14.4. The summed E-state index contributed by atoms with van der Waals surface area (Å²) in [5.74, 6) is 0.174. The molecule has 1 heterocycles. The van der Waals surface area contributed by atoms with Gasteiger partial charge in [-0.15, -0.1) is 0 Å². The molecule has 0 radical (unpaired) electrons. The van der Waals surface area contributed by atoms with Crippen molar-refractivity contribution in [3.63, 3.8) is 0 Å². The molecule has 1 aliphatic rings. The molecule has 17 heavy (non-hydrogen) atoms. The number of carbonyl (C=O) groups excluding carboxylic acids is 1. The molecule has 0 bridgehead atoms. The molecule has 5 nitrogen and oxygen atoms in total. The Bertz CT molecular complexity index is 226. The Morgan fingerprint density at radius 3 is 2.59 bits per heavy atom. The second kappa shape index (κ2) is 7.63. The fourth-order valence-electron chi connectivity index (χ4n) is 1.90. The third kappa shape index (κ3) is 5.48. The summed E-state index contributed by atoms with van der Waals surface area (Å²) < 4.78 is 5.72. The molecule has 1 aliphatic heterocycles. The van der Waals surface area contributed by atoms with Gasteiger partial charge < -0.3 is 15.4 Å². The van der Waals surface area contributed by atoms with Crippen molar-refractivity contribution in [1.82, 2.24) is 9.80 Å². The Morgan fingerprint density at radius 2 is 2.06 bits per heavy atom. The van der Waals surface area contributed by atoms with Gasteiger partial charge in [-0.2, -0.15) is 0 Å². The first-order valence-corrected chi connectivity index (χ1v) is 6.37. The Labute approximate surface area is 104 Å². The standard InChI is InChI=1S/C12H25N3O2/c1-14(2)12(16)10-15-7-4-11(5-8-15)17-9-3-6-13/h11H,3-10,13H2,1-2H3. The van der Waals surface area contributed by atoms with Crippen molar-refractivity contribution in [1.29, 1.82) is 0 Å². The molecule has 1 amide bonds. The van der Waals surface area contributed by atoms with Crippen molar-refractivity contribution >= 4 is 5.91 Å². The van der Waals surface area contributed by atoms with E-state index in [9.17, 15) is 4.79 Å². The zero-order chi connectivity index (χ0) is 12.7. The summed E-state index contributed by atoms with van der Waals surface area (Å²) in [6, 6.07) is 0. The molecule has 5 heteroatoms. The SMILES string of the molecule is CN(C)C(=O)CN1CCC(OCCCN)CC1. The highest BCUT2D eigenvalue weighted by Crippen LogP contribution is 2.13. The molecule has 0 saturated carbocycles. The molecule has 0 aromatic heterocycles. The highest BCUT2D eigenvalue weighted by atomic mass is 16.5. The van der Waals surface area contributed by atoms with Crippen molar-refractivity contribution < 1.29 is 9.53 Å². The predicted octanol–water partition coefficient (Wildman–Crippen LogP) is -0.0956. The van der Waals surface area contributed by atoms with Gasteiger partial charge in [0.1, 0.15) is 0 Å². The number of carbonyl (C=O) groups is 1. The quantitative estimate of drug-likeness (QED) is 0.662. The summed E-state index contributed by atoms with van der Waals surface area (Å²) in [7, 11) is 3.59. The molecule has 0 unspecified atom stereocenters. The van der Waals surface area contributed by atoms with Gasteiger partial charge in [-0.25, -0.2) is 0 Å². The Kier molecular flexibility index (Phi) is 6.47. The van der Waals surface area contributed by atoms with Crippen LogP contribution in [0.4, 0.5) is 0 Å². The maximum Gasteiger partial charge on any atom is 0.236 e. The lowest BCUT2D eigenvalue weighted by Crippen LogP contribution is -2.42. The number of ether oxygens (including phenoxy) is 1. The molecule has 2 N–H and O–H groups in total. The van der Waals surface area contributed by atoms with E-state index < -0.39 is 0 Å². The van der Waals surface area contributed by atoms with E-state index in [1.54, 1.807) is 19.0 Å². The smallest absolute Gasteiger partial charge is 0.236 e. The number of likely N-dealkylation sites (tertiary alicyclic amines) is 1. The Balaban J connectivity index is 2.15. The van der Waals surface area contributed by atoms with Crippen molar-refractivity contribution in [2.75, 3.05) is 46.9 Å². The van der Waals surface area contributed by atoms with Crippen LogP contribution in [-0.4, -0.2) is 68.7 Å². The lowest BCUT2D eigenvalue weighted by atomic mass is 10.1. The molecule has 0 aromatic rings. The molecule has 0 aliphatic carbocycles. The predicted molar refractivity (Wildman–Crippen MR) is 67.8 cm³/mol. The number of amides is 1. The molecule has 1 saturated heterocycles. The van der Waals surface area contributed by atoms with Gasteiger partial charge in [0.2, 0.25) is 5.91 Å². The minimum atomic E-state index is 0.174. The summed E-state index contributed by atoms with van der Waals surface area (Å²) in [5.41, 5.74) is 5.42. The minimum absolute atomic E-state index is 0.174. The number of hydrogen-bond acceptors (Lipinski definition) is 4. The fraction of sp³-hybridized carbons (Fsp3) is 0.917. The van der Waals surface area contributed by atoms with E-state index in [1.807, 2.05) is 0 Å². The van der Waals surface area contributed by atoms with Crippen LogP contribution in [0.5, 0.6) is 0 Å². The molecule has 0 aromatic carbocycles. The van der Waals surface area contributed by atoms with Gasteiger partial charge >= 0.3 is 0 Å². The lowest BCUT2D eigenvalue weighted by molar-refractivity contribution is -0.130. The fourth-order valence-corrected chi connectivity index (χ4v) is 1.90. The molecule has 100 valence electrons. The number of hydrogen-bond donors (Lipinski definition) is 1. The van der Waals surface area contributed by atoms with Crippen molar-refractivity contribution in [2.24, 2.45) is 5.73 Å². The molecular weight excluding hydrogens is 218 g/mol. The first-order chi connectivity index (χ1) is 8.13. The zero-order valence-corrected chi connectivity index (χ0v) is 11.0. The molecule has 1 fully saturated rings. The van der Waals surface area contributed by atoms with Gasteiger partial charge in [0.15, 0.2) is 0 Å². The minimum Gasteiger partial charge on any atom is -0.378 e. The van der Waals surface area contributed by atoms with Crippen LogP contribution in [-0.2, 0) is 9.53 Å². The van der Waals surface area contributed by atoms with Crippen LogP contribution in [0.2, 0.25) is 0 Å². The average Bonchev–Trinajstić information content (AvgIpc) is 2.31. The van der Waals surface area contributed by atoms with E-state index in [-0.39, 0.29) is 5.91 Å². The van der Waals surface area contributed by atoms with E-state index in [0.717, 1.165) is 39.0 Å². The van der Waals surface area contributed by atoms with Crippen LogP contribution >= 0.6 is 0 Å². The van der Waals surface area contributed by atoms with E-state index in [1.165, 1.54) is 0 Å². The molecular formula is C12H25N3O2. The molecule has 1 rings (SSSR count). The first-order valence-electron chi connectivity index (χ1n) is 6.37. The number of likely N-dealkylation sites (N-methyl/N-ethyl adjacent to an activating group) is 1. The third-order valence-electron chi connectivity index (χ3n) is 3.09. The summed E-state index contributed by atoms with van der Waals surface area (Å²) in [5, 5.41) is 0. The van der Waals surface area contributed by atoms with Crippen molar-refractivity contribution in [3.8, 4) is 0 Å². The number of nitrogens with two attached hydrogens (primary N) is 1. The highest BCUT2D eigenvalue weighted by molar-refractivity contribution is 5.77. The van der Waals surface area contributed by atoms with Gasteiger partial charge in [-0.1, -0.05) is 0 Å². The Hall–Kier alpha value is -0.650. The second-order valence-electron chi connectivity index (χ2n) is 4.78. The monoisotopic (exact) mass is 243 g/mol. The van der Waals surface area contributed by atoms with Gasteiger partial charge in [0.05, 0.1) is 12.6 Å². The lowest BCUT2D eigenvalue weighted by Gasteiger charge is -2.31. The van der Waals surface area contributed by atoms with Gasteiger partial charge in [-0.05, 0) is 25.8 Å². The van der Waals surface area contributed by atoms with Crippen molar-refractivity contribution in [2.45, 2.75) is 25.4 Å². The zero-order valence-electron chi connectivity index (χ0n) is 11.0. The van der Waals surface area contributed by atoms with Gasteiger partial charge in [0, 0.05) is 33.8 Å². The van der Waals surface area contributed by atoms with Crippen LogP contribution in [0.25, 0.3) is 0 Å². The van der Waals surface area contributed by atoms with Crippen molar-refractivity contribution in [3.05, 3.63) is 0 Å². The van der Waals surface area contributed by atoms with E-state index in [2.05, 4.69) is 4.90 Å². The number of piperidine rings is 1. The maximum absolute atomic E-state index is 11.5. The van der Waals surface area contributed by atoms with Crippen LogP contribution in [0.1, 0.15) is 19.3 Å². The van der Waals surface area contributed by atoms with Gasteiger partial charge in [-0.3, -0.25) is 9.69 Å². The molecule has 0 spiro atoms. The van der Waals surface area contributed by atoms with Crippen LogP contribution < -0.4 is 5.73 Å². The van der Waals surface area contributed by atoms with Crippen LogP contribution in [0.3, 0.4) is 0 Å². The molecule has 0 atom stereocenters. The highest BCUT2D eigenvalue weighted by Gasteiger charge is 2.21. The Morgan fingerprint density at radius 1 is 1.41 bits per heavy atom. The second-order valence-corrected chi connectivity index (χ2v) is 4.78. The number of nitrogens with zero attached hydrogens (tertiary/aromatic N) is 2. The summed E-state index contributed by atoms with van der Waals surface area (Å²) >= 11 is 0. The largest absolute Gasteiger partial charge is 0.378 e. The van der Waals surface area contributed by atoms with Crippen LogP contribution in [0, 0.1) is 0 Å². The number of rotatable bonds is 6. The summed E-state index contributed by atoms with van der Waals surface area (Å²) in [6.07, 6.45) is 3.32. The van der Waals surface area contributed by atoms with E-state index >= 15 is 0 Å². The third-order valence-corrected chi connectivity index (χ3v) is 3.09.